The Kier molecular flexibility index (Phi) is 3.93. The number of amides is 1. The molecule has 0 bridgehead atoms. The molecule has 1 aromatic heterocycles. The molecule has 0 radical (unpaired) electrons. The second-order valence-corrected chi connectivity index (χ2v) is 5.15. The summed E-state index contributed by atoms with van der Waals surface area (Å²) in [6.07, 6.45) is 1.71. The molecular formula is C18H18N2O3. The first-order valence-electron chi connectivity index (χ1n) is 7.22. The van der Waals surface area contributed by atoms with Crippen molar-refractivity contribution in [3.05, 3.63) is 54.2 Å². The molecule has 23 heavy (non-hydrogen) atoms. The number of hydrogen-bond acceptors (Lipinski definition) is 3. The van der Waals surface area contributed by atoms with E-state index in [0.29, 0.717) is 17.1 Å². The molecule has 0 unspecified atom stereocenters. The number of aromatic amines is 1. The van der Waals surface area contributed by atoms with E-state index >= 15 is 0 Å². The number of benzene rings is 2. The van der Waals surface area contributed by atoms with Gasteiger partial charge in [-0.2, -0.15) is 0 Å². The Morgan fingerprint density at radius 2 is 1.70 bits per heavy atom. The van der Waals surface area contributed by atoms with Crippen LogP contribution in [0.25, 0.3) is 10.9 Å². The Labute approximate surface area is 134 Å². The third-order valence-corrected chi connectivity index (χ3v) is 3.86. The summed E-state index contributed by atoms with van der Waals surface area (Å²) in [5.74, 6) is 1.13. The lowest BCUT2D eigenvalue weighted by atomic mass is 10.1. The maximum Gasteiger partial charge on any atom is 0.260 e. The van der Waals surface area contributed by atoms with Gasteiger partial charge >= 0.3 is 0 Å². The zero-order valence-electron chi connectivity index (χ0n) is 13.3. The fourth-order valence-corrected chi connectivity index (χ4v) is 2.58. The van der Waals surface area contributed by atoms with Gasteiger partial charge in [0.2, 0.25) is 0 Å². The minimum absolute atomic E-state index is 0.0883. The van der Waals surface area contributed by atoms with Crippen LogP contribution in [-0.2, 0) is 0 Å². The second-order valence-electron chi connectivity index (χ2n) is 5.15. The van der Waals surface area contributed by atoms with Crippen LogP contribution in [0.2, 0.25) is 0 Å². The molecule has 1 amide bonds. The van der Waals surface area contributed by atoms with Crippen LogP contribution in [0.15, 0.2) is 48.7 Å². The van der Waals surface area contributed by atoms with E-state index in [1.54, 1.807) is 32.4 Å². The summed E-state index contributed by atoms with van der Waals surface area (Å²) in [5, 5.41) is 0.801. The molecule has 0 fully saturated rings. The van der Waals surface area contributed by atoms with E-state index in [4.69, 9.17) is 9.47 Å². The van der Waals surface area contributed by atoms with Crippen LogP contribution in [0.4, 0.5) is 5.69 Å². The molecule has 1 heterocycles. The minimum Gasteiger partial charge on any atom is -0.493 e. The molecule has 5 nitrogen and oxygen atoms in total. The zero-order chi connectivity index (χ0) is 16.4. The number of carbonyl (C=O) groups is 1. The summed E-state index contributed by atoms with van der Waals surface area (Å²) in [4.78, 5) is 17.6. The summed E-state index contributed by atoms with van der Waals surface area (Å²) in [6.45, 7) is 0. The maximum absolute atomic E-state index is 12.8. The maximum atomic E-state index is 12.8. The Bertz CT molecular complexity index is 840. The average molecular weight is 310 g/mol. The molecule has 3 aromatic rings. The number of H-pyrrole nitrogens is 1. The van der Waals surface area contributed by atoms with Gasteiger partial charge in [0.25, 0.3) is 5.91 Å². The van der Waals surface area contributed by atoms with E-state index in [0.717, 1.165) is 16.6 Å². The standard InChI is InChI=1S/C18H18N2O3/c1-20(12-7-5-4-6-8-12)18(21)14-11-19-15-10-17(23-3)16(22-2)9-13(14)15/h4-11,19H,1-3H3. The minimum atomic E-state index is -0.0883. The van der Waals surface area contributed by atoms with E-state index in [1.807, 2.05) is 42.5 Å². The molecule has 0 aliphatic heterocycles. The monoisotopic (exact) mass is 310 g/mol. The van der Waals surface area contributed by atoms with E-state index in [-0.39, 0.29) is 5.91 Å². The average Bonchev–Trinajstić information content (AvgIpc) is 3.02. The highest BCUT2D eigenvalue weighted by Crippen LogP contribution is 2.33. The number of methoxy groups -OCH3 is 2. The van der Waals surface area contributed by atoms with Crippen LogP contribution < -0.4 is 14.4 Å². The number of carbonyl (C=O) groups excluding carboxylic acids is 1. The predicted molar refractivity (Wildman–Crippen MR) is 90.6 cm³/mol. The quantitative estimate of drug-likeness (QED) is 0.803. The van der Waals surface area contributed by atoms with Gasteiger partial charge in [-0.25, -0.2) is 0 Å². The van der Waals surface area contributed by atoms with E-state index in [1.165, 1.54) is 0 Å². The molecule has 0 saturated heterocycles. The molecule has 3 rings (SSSR count). The SMILES string of the molecule is COc1cc2[nH]cc(C(=O)N(C)c3ccccc3)c2cc1OC. The van der Waals surface area contributed by atoms with Gasteiger partial charge in [-0.15, -0.1) is 0 Å². The van der Waals surface area contributed by atoms with Crippen molar-refractivity contribution in [2.24, 2.45) is 0 Å². The third-order valence-electron chi connectivity index (χ3n) is 3.86. The number of fused-ring (bicyclic) bond motifs is 1. The van der Waals surface area contributed by atoms with Crippen LogP contribution in [0.1, 0.15) is 10.4 Å². The molecular weight excluding hydrogens is 292 g/mol. The van der Waals surface area contributed by atoms with Gasteiger partial charge in [-0.3, -0.25) is 4.79 Å². The van der Waals surface area contributed by atoms with Crippen LogP contribution in [0.3, 0.4) is 0 Å². The summed E-state index contributed by atoms with van der Waals surface area (Å²) in [7, 11) is 4.92. The van der Waals surface area contributed by atoms with Crippen molar-refractivity contribution >= 4 is 22.5 Å². The number of rotatable bonds is 4. The molecule has 0 spiro atoms. The highest BCUT2D eigenvalue weighted by Gasteiger charge is 2.19. The molecule has 2 aromatic carbocycles. The first-order chi connectivity index (χ1) is 11.2. The summed E-state index contributed by atoms with van der Waals surface area (Å²) in [5.41, 5.74) is 2.26. The van der Waals surface area contributed by atoms with Crippen molar-refractivity contribution in [3.63, 3.8) is 0 Å². The first kappa shape index (κ1) is 15.0. The Balaban J connectivity index is 2.04. The van der Waals surface area contributed by atoms with Crippen molar-refractivity contribution in [3.8, 4) is 11.5 Å². The van der Waals surface area contributed by atoms with E-state index < -0.39 is 0 Å². The van der Waals surface area contributed by atoms with E-state index in [2.05, 4.69) is 4.98 Å². The molecule has 1 N–H and O–H groups in total. The summed E-state index contributed by atoms with van der Waals surface area (Å²) < 4.78 is 10.6. The van der Waals surface area contributed by atoms with E-state index in [9.17, 15) is 4.79 Å². The van der Waals surface area contributed by atoms with Gasteiger partial charge < -0.3 is 19.4 Å². The van der Waals surface area contributed by atoms with Crippen molar-refractivity contribution in [1.82, 2.24) is 4.98 Å². The van der Waals surface area contributed by atoms with Gasteiger partial charge in [0.15, 0.2) is 11.5 Å². The number of ether oxygens (including phenoxy) is 2. The van der Waals surface area contributed by atoms with Gasteiger partial charge in [0, 0.05) is 30.4 Å². The van der Waals surface area contributed by atoms with Crippen LogP contribution in [0.5, 0.6) is 11.5 Å². The lowest BCUT2D eigenvalue weighted by molar-refractivity contribution is 0.0994. The molecule has 0 atom stereocenters. The number of hydrogen-bond donors (Lipinski definition) is 1. The number of nitrogens with zero attached hydrogens (tertiary/aromatic N) is 1. The number of aromatic nitrogens is 1. The molecule has 118 valence electrons. The van der Waals surface area contributed by atoms with Crippen LogP contribution in [0, 0.1) is 0 Å². The van der Waals surface area contributed by atoms with Crippen molar-refractivity contribution < 1.29 is 14.3 Å². The first-order valence-corrected chi connectivity index (χ1v) is 7.22. The zero-order valence-corrected chi connectivity index (χ0v) is 13.3. The third kappa shape index (κ3) is 2.61. The van der Waals surface area contributed by atoms with Gasteiger partial charge in [-0.1, -0.05) is 18.2 Å². The topological polar surface area (TPSA) is 54.6 Å². The van der Waals surface area contributed by atoms with Crippen molar-refractivity contribution in [2.45, 2.75) is 0 Å². The Hall–Kier alpha value is -2.95. The van der Waals surface area contributed by atoms with Gasteiger partial charge in [0.05, 0.1) is 25.3 Å². The van der Waals surface area contributed by atoms with Crippen molar-refractivity contribution in [1.29, 1.82) is 0 Å². The smallest absolute Gasteiger partial charge is 0.260 e. The van der Waals surface area contributed by atoms with Crippen molar-refractivity contribution in [2.75, 3.05) is 26.2 Å². The van der Waals surface area contributed by atoms with Gasteiger partial charge in [0.1, 0.15) is 0 Å². The fourth-order valence-electron chi connectivity index (χ4n) is 2.58. The number of para-hydroxylation sites is 1. The fraction of sp³-hybridized carbons (Fsp3) is 0.167. The predicted octanol–water partition coefficient (Wildman–Crippen LogP) is 3.46. The largest absolute Gasteiger partial charge is 0.493 e. The molecule has 0 saturated carbocycles. The van der Waals surface area contributed by atoms with Gasteiger partial charge in [-0.05, 0) is 18.2 Å². The normalized spacial score (nSPS) is 10.6. The summed E-state index contributed by atoms with van der Waals surface area (Å²) >= 11 is 0. The summed E-state index contributed by atoms with van der Waals surface area (Å²) in [6, 6.07) is 13.2. The number of nitrogens with one attached hydrogen (secondary N) is 1. The Morgan fingerprint density at radius 3 is 2.35 bits per heavy atom. The lowest BCUT2D eigenvalue weighted by Crippen LogP contribution is -2.25. The van der Waals surface area contributed by atoms with Crippen LogP contribution in [-0.4, -0.2) is 32.2 Å². The highest BCUT2D eigenvalue weighted by molar-refractivity contribution is 6.14. The van der Waals surface area contributed by atoms with Crippen LogP contribution >= 0.6 is 0 Å². The molecule has 5 heteroatoms. The Morgan fingerprint density at radius 1 is 1.04 bits per heavy atom. The second kappa shape index (κ2) is 6.04. The molecule has 0 aliphatic carbocycles. The lowest BCUT2D eigenvalue weighted by Gasteiger charge is -2.17. The number of anilines is 1. The highest BCUT2D eigenvalue weighted by atomic mass is 16.5. The molecule has 0 aliphatic rings.